The van der Waals surface area contributed by atoms with Crippen LogP contribution in [0.25, 0.3) is 21.9 Å². The number of nitrogens with zero attached hydrogens (tertiary/aromatic N) is 4. The van der Waals surface area contributed by atoms with Crippen molar-refractivity contribution in [2.24, 2.45) is 0 Å². The van der Waals surface area contributed by atoms with Gasteiger partial charge in [-0.05, 0) is 36.8 Å². The van der Waals surface area contributed by atoms with Crippen molar-refractivity contribution < 1.29 is 33.0 Å². The Morgan fingerprint density at radius 3 is 2.61 bits per heavy atom. The largest absolute Gasteiger partial charge is 0.460 e. The normalized spacial score (nSPS) is 18.0. The van der Waals surface area contributed by atoms with Gasteiger partial charge in [0.1, 0.15) is 30.2 Å². The van der Waals surface area contributed by atoms with Gasteiger partial charge in [-0.2, -0.15) is 5.09 Å². The Labute approximate surface area is 266 Å². The number of aromatic nitrogens is 4. The number of hydrogen-bond donors (Lipinski definition) is 3. The van der Waals surface area contributed by atoms with Crippen molar-refractivity contribution in [3.63, 3.8) is 0 Å². The number of nitrogen functional groups attached to an aromatic ring is 1. The molecule has 0 spiro atoms. The first-order valence-corrected chi connectivity index (χ1v) is 16.3. The lowest BCUT2D eigenvalue weighted by molar-refractivity contribution is -0.146. The number of rotatable bonds is 12. The number of ether oxygens (including phenoxy) is 2. The van der Waals surface area contributed by atoms with E-state index in [9.17, 15) is 9.36 Å². The van der Waals surface area contributed by atoms with Crippen LogP contribution in [0.5, 0.6) is 5.75 Å². The van der Waals surface area contributed by atoms with E-state index in [2.05, 4.69) is 20.0 Å². The first kappa shape index (κ1) is 33.0. The maximum absolute atomic E-state index is 14.2. The van der Waals surface area contributed by atoms with Crippen molar-refractivity contribution in [3.05, 3.63) is 91.0 Å². The molecule has 2 aromatic heterocycles. The number of nitrogens with two attached hydrogens (primary N) is 1. The highest BCUT2D eigenvalue weighted by molar-refractivity contribution is 7.52. The maximum Gasteiger partial charge on any atom is 0.459 e. The van der Waals surface area contributed by atoms with Gasteiger partial charge >= 0.3 is 13.7 Å². The molecule has 1 unspecified atom stereocenters. The Morgan fingerprint density at radius 1 is 1.04 bits per heavy atom. The van der Waals surface area contributed by atoms with Gasteiger partial charge in [-0.25, -0.2) is 19.5 Å². The van der Waals surface area contributed by atoms with Gasteiger partial charge in [-0.15, -0.1) is 0 Å². The van der Waals surface area contributed by atoms with Gasteiger partial charge < -0.3 is 29.4 Å². The average Bonchev–Trinajstić information content (AvgIpc) is 3.72. The molecule has 4 atom stereocenters. The van der Waals surface area contributed by atoms with Crippen LogP contribution in [0.1, 0.15) is 25.3 Å². The number of esters is 1. The molecule has 46 heavy (non-hydrogen) atoms. The summed E-state index contributed by atoms with van der Waals surface area (Å²) in [7, 11) is -3.10. The Morgan fingerprint density at radius 2 is 1.78 bits per heavy atom. The minimum Gasteiger partial charge on any atom is -0.460 e. The molecule has 5 aromatic rings. The first-order valence-electron chi connectivity index (χ1n) is 14.8. The van der Waals surface area contributed by atoms with Gasteiger partial charge in [0, 0.05) is 12.5 Å². The quantitative estimate of drug-likeness (QED) is 0.127. The molecule has 4 N–H and O–H groups in total. The molecule has 0 aliphatic carbocycles. The van der Waals surface area contributed by atoms with Gasteiger partial charge in [0.25, 0.3) is 0 Å². The molecule has 14 heteroatoms. The van der Waals surface area contributed by atoms with Crippen LogP contribution in [0, 0.1) is 0 Å². The summed E-state index contributed by atoms with van der Waals surface area (Å²) in [6.07, 6.45) is 4.00. The fraction of sp³-hybridized carbons (Fsp3) is 0.312. The van der Waals surface area contributed by atoms with Crippen molar-refractivity contribution >= 4 is 41.5 Å². The zero-order valence-corrected chi connectivity index (χ0v) is 26.5. The fourth-order valence-corrected chi connectivity index (χ4v) is 6.65. The van der Waals surface area contributed by atoms with Crippen LogP contribution in [0.4, 0.5) is 5.82 Å². The van der Waals surface area contributed by atoms with Crippen LogP contribution in [0.15, 0.2) is 85.5 Å². The summed E-state index contributed by atoms with van der Waals surface area (Å²) in [6.45, 7) is 2.14. The van der Waals surface area contributed by atoms with E-state index in [4.69, 9.17) is 29.4 Å². The number of carbonyl (C=O) groups excluding carboxylic acids is 1. The number of aliphatic hydroxyl groups is 1. The van der Waals surface area contributed by atoms with E-state index < -0.39 is 19.8 Å². The second kappa shape index (κ2) is 15.3. The van der Waals surface area contributed by atoms with E-state index in [1.807, 2.05) is 71.3 Å². The van der Waals surface area contributed by atoms with Crippen LogP contribution in [0.3, 0.4) is 0 Å². The molecule has 0 amide bonds. The monoisotopic (exact) mass is 648 g/mol. The van der Waals surface area contributed by atoms with E-state index >= 15 is 0 Å². The predicted octanol–water partition coefficient (Wildman–Crippen LogP) is 4.64. The molecule has 1 fully saturated rings. The number of carbonyl (C=O) groups is 1. The van der Waals surface area contributed by atoms with Crippen molar-refractivity contribution in [2.45, 2.75) is 51.2 Å². The lowest BCUT2D eigenvalue weighted by atomic mass is 10.1. The molecule has 0 saturated carbocycles. The third-order valence-corrected chi connectivity index (χ3v) is 8.98. The van der Waals surface area contributed by atoms with Gasteiger partial charge in [-0.1, -0.05) is 66.7 Å². The molecule has 1 saturated heterocycles. The van der Waals surface area contributed by atoms with Crippen molar-refractivity contribution in [1.82, 2.24) is 24.6 Å². The number of benzene rings is 3. The molecule has 13 nitrogen and oxygen atoms in total. The van der Waals surface area contributed by atoms with E-state index in [1.54, 1.807) is 19.3 Å². The minimum absolute atomic E-state index is 0.0167. The predicted molar refractivity (Wildman–Crippen MR) is 173 cm³/mol. The van der Waals surface area contributed by atoms with Crippen molar-refractivity contribution in [3.8, 4) is 5.75 Å². The van der Waals surface area contributed by atoms with E-state index in [1.165, 1.54) is 6.33 Å². The van der Waals surface area contributed by atoms with Crippen molar-refractivity contribution in [1.29, 1.82) is 0 Å². The Kier molecular flexibility index (Phi) is 10.9. The van der Waals surface area contributed by atoms with Gasteiger partial charge in [-0.3, -0.25) is 9.32 Å². The molecular formula is C32H37N6O7P. The van der Waals surface area contributed by atoms with Crippen LogP contribution in [0.2, 0.25) is 0 Å². The molecule has 1 aliphatic heterocycles. The number of aliphatic hydroxyl groups excluding tert-OH is 1. The maximum atomic E-state index is 14.2. The number of hydrogen-bond acceptors (Lipinski definition) is 11. The third kappa shape index (κ3) is 8.06. The van der Waals surface area contributed by atoms with Gasteiger partial charge in [0.05, 0.1) is 31.7 Å². The summed E-state index contributed by atoms with van der Waals surface area (Å²) in [4.78, 5) is 25.5. The van der Waals surface area contributed by atoms with E-state index in [0.717, 1.165) is 29.9 Å². The van der Waals surface area contributed by atoms with Crippen LogP contribution in [-0.2, 0) is 36.5 Å². The van der Waals surface area contributed by atoms with Crippen molar-refractivity contribution in [2.75, 3.05) is 19.5 Å². The van der Waals surface area contributed by atoms with Crippen LogP contribution >= 0.6 is 7.75 Å². The molecule has 3 aromatic carbocycles. The molecule has 242 valence electrons. The summed E-state index contributed by atoms with van der Waals surface area (Å²) >= 11 is 0. The highest BCUT2D eigenvalue weighted by Crippen LogP contribution is 2.47. The Balaban J connectivity index is 0.00000204. The smallest absolute Gasteiger partial charge is 0.459 e. The molecule has 0 bridgehead atoms. The summed E-state index contributed by atoms with van der Waals surface area (Å²) in [5.41, 5.74) is 7.93. The summed E-state index contributed by atoms with van der Waals surface area (Å²) in [5.74, 6) is 0.0932. The topological polar surface area (TPSA) is 173 Å². The zero-order chi connectivity index (χ0) is 32.5. The Hall–Kier alpha value is -4.39. The lowest BCUT2D eigenvalue weighted by Crippen LogP contribution is -2.35. The van der Waals surface area contributed by atoms with Gasteiger partial charge in [0.15, 0.2) is 11.5 Å². The second-order valence-corrected chi connectivity index (χ2v) is 12.3. The first-order chi connectivity index (χ1) is 22.4. The Bertz CT molecular complexity index is 1800. The minimum atomic E-state index is -4.10. The molecular weight excluding hydrogens is 611 g/mol. The third-order valence-electron chi connectivity index (χ3n) is 7.35. The summed E-state index contributed by atoms with van der Waals surface area (Å²) in [5, 5.41) is 11.5. The van der Waals surface area contributed by atoms with Crippen LogP contribution < -0.4 is 15.3 Å². The highest BCUT2D eigenvalue weighted by atomic mass is 31.2. The fourth-order valence-electron chi connectivity index (χ4n) is 5.11. The summed E-state index contributed by atoms with van der Waals surface area (Å²) in [6, 6.07) is 21.4. The molecule has 1 aliphatic rings. The lowest BCUT2D eigenvalue weighted by Gasteiger charge is -2.24. The van der Waals surface area contributed by atoms with Crippen LogP contribution in [-0.4, -0.2) is 62.6 Å². The average molecular weight is 649 g/mol. The molecule has 3 heterocycles. The SMILES string of the molecule is CO.C[C@H](NP(=O)(OC[C@@H]1CC[C@H](Cn2cnc3c(N)ncnc32)O1)Oc1cccc2ccccc12)C(=O)OCc1ccccc1. The molecule has 6 rings (SSSR count). The van der Waals surface area contributed by atoms with E-state index in [-0.39, 0.29) is 25.4 Å². The van der Waals surface area contributed by atoms with Gasteiger partial charge in [0.2, 0.25) is 0 Å². The zero-order valence-electron chi connectivity index (χ0n) is 25.6. The second-order valence-electron chi connectivity index (χ2n) is 10.6. The number of nitrogens with one attached hydrogen (secondary N) is 1. The number of anilines is 1. The highest BCUT2D eigenvalue weighted by Gasteiger charge is 2.35. The van der Waals surface area contributed by atoms with E-state index in [0.29, 0.717) is 35.7 Å². The molecule has 0 radical (unpaired) electrons. The summed E-state index contributed by atoms with van der Waals surface area (Å²) < 4.78 is 39.8. The number of fused-ring (bicyclic) bond motifs is 2. The number of imidazole rings is 1. The standard InChI is InChI=1S/C31H33N6O6P.CH4O/c1-21(31(38)40-17-22-8-3-2-4-9-22)36-44(39,43-27-13-7-11-23-10-5-6-12-26(23)27)41-18-25-15-14-24(42-25)16-37-20-35-28-29(32)33-19-34-30(28)37;1-2/h2-13,19-21,24-25H,14-18H2,1H3,(H,36,39)(H2,32,33,34);2H,1H3/t21-,24+,25-,44?;/m0./s1.